The molecule has 132 valence electrons. The zero-order valence-electron chi connectivity index (χ0n) is 15.0. The molecule has 0 aliphatic rings. The average molecular weight is 347 g/mol. The van der Waals surface area contributed by atoms with Crippen LogP contribution in [-0.4, -0.2) is 15.9 Å². The van der Waals surface area contributed by atoms with Gasteiger partial charge in [-0.2, -0.15) is 0 Å². The van der Waals surface area contributed by atoms with Crippen LogP contribution in [0, 0.1) is 12.8 Å². The van der Waals surface area contributed by atoms with Gasteiger partial charge >= 0.3 is 0 Å². The quantitative estimate of drug-likeness (QED) is 0.560. The van der Waals surface area contributed by atoms with Crippen LogP contribution in [-0.2, 0) is 0 Å². The molecule has 0 saturated heterocycles. The molecule has 4 aromatic rings. The van der Waals surface area contributed by atoms with E-state index in [2.05, 4.69) is 29.1 Å². The smallest absolute Gasteiger partial charge is 0.287 e. The first-order valence-corrected chi connectivity index (χ1v) is 8.78. The number of aromatic amines is 1. The molecule has 0 radical (unpaired) electrons. The van der Waals surface area contributed by atoms with Crippen molar-refractivity contribution in [2.24, 2.45) is 5.92 Å². The third-order valence-corrected chi connectivity index (χ3v) is 4.71. The molecule has 26 heavy (non-hydrogen) atoms. The number of carbonyl (C=O) groups excluding carboxylic acids is 1. The number of benzene rings is 2. The fourth-order valence-corrected chi connectivity index (χ4v) is 3.27. The van der Waals surface area contributed by atoms with Crippen molar-refractivity contribution in [3.63, 3.8) is 0 Å². The second-order valence-electron chi connectivity index (χ2n) is 6.89. The van der Waals surface area contributed by atoms with Gasteiger partial charge in [0.15, 0.2) is 5.76 Å². The van der Waals surface area contributed by atoms with E-state index in [4.69, 9.17) is 4.42 Å². The van der Waals surface area contributed by atoms with Gasteiger partial charge in [0.05, 0.1) is 17.1 Å². The van der Waals surface area contributed by atoms with Gasteiger partial charge < -0.3 is 14.7 Å². The van der Waals surface area contributed by atoms with Crippen LogP contribution < -0.4 is 5.32 Å². The van der Waals surface area contributed by atoms with E-state index in [0.29, 0.717) is 5.76 Å². The number of amides is 1. The van der Waals surface area contributed by atoms with Crippen LogP contribution >= 0.6 is 0 Å². The van der Waals surface area contributed by atoms with Gasteiger partial charge in [-0.1, -0.05) is 44.2 Å². The van der Waals surface area contributed by atoms with Crippen LogP contribution in [0.25, 0.3) is 22.0 Å². The summed E-state index contributed by atoms with van der Waals surface area (Å²) in [4.78, 5) is 20.9. The standard InChI is InChI=1S/C21H21N3O2/c1-12(2)18(20-22-15-9-5-6-10-16(15)23-20)24-21(25)19-13(3)14-8-4-7-11-17(14)26-19/h4-12,18H,1-3H3,(H,22,23)(H,24,25)/t18-/m0/s1. The Hall–Kier alpha value is -3.08. The Kier molecular flexibility index (Phi) is 3.99. The number of H-pyrrole nitrogens is 1. The third kappa shape index (κ3) is 2.75. The van der Waals surface area contributed by atoms with Crippen LogP contribution in [0.5, 0.6) is 0 Å². The minimum Gasteiger partial charge on any atom is -0.451 e. The highest BCUT2D eigenvalue weighted by Gasteiger charge is 2.25. The number of rotatable bonds is 4. The van der Waals surface area contributed by atoms with Crippen LogP contribution in [0.2, 0.25) is 0 Å². The molecule has 0 aliphatic carbocycles. The van der Waals surface area contributed by atoms with Crippen molar-refractivity contribution >= 4 is 27.9 Å². The number of aromatic nitrogens is 2. The molecule has 5 nitrogen and oxygen atoms in total. The highest BCUT2D eigenvalue weighted by atomic mass is 16.3. The van der Waals surface area contributed by atoms with Crippen molar-refractivity contribution in [1.82, 2.24) is 15.3 Å². The maximum atomic E-state index is 12.9. The van der Waals surface area contributed by atoms with Crippen molar-refractivity contribution in [1.29, 1.82) is 0 Å². The number of nitrogens with one attached hydrogen (secondary N) is 2. The number of furan rings is 1. The molecule has 1 amide bonds. The number of hydrogen-bond donors (Lipinski definition) is 2. The normalized spacial score (nSPS) is 12.8. The molecule has 2 aromatic heterocycles. The molecule has 0 bridgehead atoms. The Balaban J connectivity index is 1.67. The van der Waals surface area contributed by atoms with Crippen molar-refractivity contribution in [3.8, 4) is 0 Å². The van der Waals surface area contributed by atoms with Gasteiger partial charge in [0, 0.05) is 10.9 Å². The van der Waals surface area contributed by atoms with E-state index in [1.807, 2.05) is 55.5 Å². The summed E-state index contributed by atoms with van der Waals surface area (Å²) in [6.07, 6.45) is 0. The summed E-state index contributed by atoms with van der Waals surface area (Å²) in [5.74, 6) is 1.05. The minimum absolute atomic E-state index is 0.171. The summed E-state index contributed by atoms with van der Waals surface area (Å²) in [5.41, 5.74) is 3.43. The van der Waals surface area contributed by atoms with Gasteiger partial charge in [0.2, 0.25) is 0 Å². The van der Waals surface area contributed by atoms with Crippen LogP contribution in [0.15, 0.2) is 52.9 Å². The zero-order chi connectivity index (χ0) is 18.3. The molecular formula is C21H21N3O2. The first-order valence-electron chi connectivity index (χ1n) is 8.78. The molecule has 0 unspecified atom stereocenters. The molecule has 0 fully saturated rings. The number of para-hydroxylation sites is 3. The van der Waals surface area contributed by atoms with Crippen LogP contribution in [0.3, 0.4) is 0 Å². The van der Waals surface area contributed by atoms with Crippen molar-refractivity contribution in [2.75, 3.05) is 0 Å². The van der Waals surface area contributed by atoms with Gasteiger partial charge in [0.1, 0.15) is 11.4 Å². The first-order chi connectivity index (χ1) is 12.5. The Morgan fingerprint density at radius 1 is 1.12 bits per heavy atom. The molecule has 0 saturated carbocycles. The zero-order valence-corrected chi connectivity index (χ0v) is 15.0. The Morgan fingerprint density at radius 2 is 1.85 bits per heavy atom. The van der Waals surface area contributed by atoms with Crippen molar-refractivity contribution in [2.45, 2.75) is 26.8 Å². The lowest BCUT2D eigenvalue weighted by molar-refractivity contribution is 0.0896. The van der Waals surface area contributed by atoms with Gasteiger partial charge in [-0.3, -0.25) is 4.79 Å². The van der Waals surface area contributed by atoms with Gasteiger partial charge in [-0.15, -0.1) is 0 Å². The highest BCUT2D eigenvalue weighted by Crippen LogP contribution is 2.27. The van der Waals surface area contributed by atoms with Gasteiger partial charge in [0.25, 0.3) is 5.91 Å². The van der Waals surface area contributed by atoms with E-state index >= 15 is 0 Å². The molecule has 4 rings (SSSR count). The molecule has 2 aromatic carbocycles. The average Bonchev–Trinajstić information content (AvgIpc) is 3.21. The predicted octanol–water partition coefficient (Wildman–Crippen LogP) is 4.74. The fraction of sp³-hybridized carbons (Fsp3) is 0.238. The monoisotopic (exact) mass is 347 g/mol. The SMILES string of the molecule is Cc1c(C(=O)N[C@H](c2nc3ccccc3[nH]2)C(C)C)oc2ccccc12. The molecule has 0 aliphatic heterocycles. The van der Waals surface area contributed by atoms with E-state index in [1.165, 1.54) is 0 Å². The molecule has 2 N–H and O–H groups in total. The second-order valence-corrected chi connectivity index (χ2v) is 6.89. The van der Waals surface area contributed by atoms with E-state index in [0.717, 1.165) is 33.4 Å². The van der Waals surface area contributed by atoms with Crippen molar-refractivity contribution in [3.05, 3.63) is 65.7 Å². The largest absolute Gasteiger partial charge is 0.451 e. The molecule has 1 atom stereocenters. The van der Waals surface area contributed by atoms with Gasteiger partial charge in [-0.25, -0.2) is 4.98 Å². The Morgan fingerprint density at radius 3 is 2.58 bits per heavy atom. The maximum absolute atomic E-state index is 12.9. The molecule has 2 heterocycles. The lowest BCUT2D eigenvalue weighted by atomic mass is 10.0. The summed E-state index contributed by atoms with van der Waals surface area (Å²) in [5, 5.41) is 4.05. The summed E-state index contributed by atoms with van der Waals surface area (Å²) < 4.78 is 5.79. The number of aryl methyl sites for hydroxylation is 1. The molecular weight excluding hydrogens is 326 g/mol. The fourth-order valence-electron chi connectivity index (χ4n) is 3.27. The third-order valence-electron chi connectivity index (χ3n) is 4.71. The second kappa shape index (κ2) is 6.33. The van der Waals surface area contributed by atoms with Gasteiger partial charge in [-0.05, 0) is 31.0 Å². The van der Waals surface area contributed by atoms with E-state index in [9.17, 15) is 4.79 Å². The number of hydrogen-bond acceptors (Lipinski definition) is 3. The van der Waals surface area contributed by atoms with E-state index in [-0.39, 0.29) is 17.9 Å². The molecule has 5 heteroatoms. The number of fused-ring (bicyclic) bond motifs is 2. The number of imidazole rings is 1. The van der Waals surface area contributed by atoms with E-state index < -0.39 is 0 Å². The first kappa shape index (κ1) is 16.4. The lowest BCUT2D eigenvalue weighted by Gasteiger charge is -2.19. The summed E-state index contributed by atoms with van der Waals surface area (Å²) in [6, 6.07) is 15.3. The van der Waals surface area contributed by atoms with Crippen LogP contribution in [0.4, 0.5) is 0 Å². The maximum Gasteiger partial charge on any atom is 0.287 e. The van der Waals surface area contributed by atoms with Crippen molar-refractivity contribution < 1.29 is 9.21 Å². The topological polar surface area (TPSA) is 70.9 Å². The number of nitrogens with zero attached hydrogens (tertiary/aromatic N) is 1. The minimum atomic E-state index is -0.234. The Labute approximate surface area is 151 Å². The number of carbonyl (C=O) groups is 1. The summed E-state index contributed by atoms with van der Waals surface area (Å²) >= 11 is 0. The molecule has 0 spiro atoms. The highest BCUT2D eigenvalue weighted by molar-refractivity contribution is 5.99. The lowest BCUT2D eigenvalue weighted by Crippen LogP contribution is -2.32. The predicted molar refractivity (Wildman–Crippen MR) is 102 cm³/mol. The summed E-state index contributed by atoms with van der Waals surface area (Å²) in [6.45, 7) is 6.03. The Bertz CT molecular complexity index is 1060. The summed E-state index contributed by atoms with van der Waals surface area (Å²) in [7, 11) is 0. The van der Waals surface area contributed by atoms with E-state index in [1.54, 1.807) is 0 Å². The van der Waals surface area contributed by atoms with Crippen LogP contribution in [0.1, 0.15) is 41.8 Å².